The number of hydrogen-bond acceptors (Lipinski definition) is 2. The van der Waals surface area contributed by atoms with E-state index in [4.69, 9.17) is 5.73 Å². The Morgan fingerprint density at radius 2 is 1.35 bits per heavy atom. The molecule has 0 fully saturated rings. The van der Waals surface area contributed by atoms with Crippen molar-refractivity contribution >= 4 is 5.69 Å². The van der Waals surface area contributed by atoms with Gasteiger partial charge in [-0.2, -0.15) is 39.5 Å². The van der Waals surface area contributed by atoms with Crippen molar-refractivity contribution in [3.63, 3.8) is 0 Å². The molecule has 1 heterocycles. The number of anilines is 1. The monoisotopic (exact) mass is 312 g/mol. The fourth-order valence-electron chi connectivity index (χ4n) is 1.20. The molecule has 0 saturated heterocycles. The molecule has 0 aliphatic carbocycles. The van der Waals surface area contributed by atoms with E-state index < -0.39 is 35.3 Å². The van der Waals surface area contributed by atoms with Gasteiger partial charge in [0.2, 0.25) is 0 Å². The molecule has 0 aliphatic rings. The lowest BCUT2D eigenvalue weighted by atomic mass is 9.99. The zero-order valence-corrected chi connectivity index (χ0v) is 9.16. The van der Waals surface area contributed by atoms with E-state index in [-0.39, 0.29) is 0 Å². The topological polar surface area (TPSA) is 38.9 Å². The summed E-state index contributed by atoms with van der Waals surface area (Å²) in [7, 11) is 0. The third kappa shape index (κ3) is 2.14. The fraction of sp³-hybridized carbons (Fsp3) is 0.444. The number of nitrogens with zero attached hydrogens (tertiary/aromatic N) is 1. The molecule has 0 atom stereocenters. The summed E-state index contributed by atoms with van der Waals surface area (Å²) in [6.07, 6.45) is -6.37. The molecule has 1 aromatic rings. The van der Waals surface area contributed by atoms with Gasteiger partial charge in [-0.3, -0.25) is 4.98 Å². The lowest BCUT2D eigenvalue weighted by Crippen LogP contribution is -2.59. The van der Waals surface area contributed by atoms with E-state index in [1.165, 1.54) is 0 Å². The van der Waals surface area contributed by atoms with Crippen molar-refractivity contribution in [1.82, 2.24) is 4.98 Å². The second-order valence-electron chi connectivity index (χ2n) is 3.66. The summed E-state index contributed by atoms with van der Waals surface area (Å²) >= 11 is 0. The number of alkyl halides is 9. The standard InChI is InChI=1S/C9H5F9N2/c10-6(11,5-4(19)2-1-3-20-5)7(12,13)8(14,15)9(16,17)18/h1-3H,19H2. The highest BCUT2D eigenvalue weighted by Gasteiger charge is 2.82. The summed E-state index contributed by atoms with van der Waals surface area (Å²) < 4.78 is 114. The van der Waals surface area contributed by atoms with E-state index in [1.807, 2.05) is 0 Å². The molecule has 0 spiro atoms. The molecule has 0 radical (unpaired) electrons. The van der Waals surface area contributed by atoms with Gasteiger partial charge in [-0.1, -0.05) is 0 Å². The maximum Gasteiger partial charge on any atom is 0.460 e. The highest BCUT2D eigenvalue weighted by atomic mass is 19.4. The largest absolute Gasteiger partial charge is 0.460 e. The van der Waals surface area contributed by atoms with E-state index in [2.05, 4.69) is 4.98 Å². The Bertz CT molecular complexity index is 494. The van der Waals surface area contributed by atoms with Gasteiger partial charge in [-0.25, -0.2) is 0 Å². The third-order valence-corrected chi connectivity index (χ3v) is 2.28. The average molecular weight is 312 g/mol. The number of hydrogen-bond donors (Lipinski definition) is 1. The van der Waals surface area contributed by atoms with Crippen LogP contribution in [0.15, 0.2) is 18.3 Å². The van der Waals surface area contributed by atoms with Gasteiger partial charge in [-0.15, -0.1) is 0 Å². The van der Waals surface area contributed by atoms with Crippen molar-refractivity contribution in [2.75, 3.05) is 5.73 Å². The molecule has 1 rings (SSSR count). The molecule has 2 nitrogen and oxygen atoms in total. The van der Waals surface area contributed by atoms with Crippen LogP contribution in [0, 0.1) is 0 Å². The molecule has 20 heavy (non-hydrogen) atoms. The highest BCUT2D eigenvalue weighted by molar-refractivity contribution is 5.45. The van der Waals surface area contributed by atoms with E-state index in [9.17, 15) is 39.5 Å². The van der Waals surface area contributed by atoms with Crippen molar-refractivity contribution in [3.8, 4) is 0 Å². The third-order valence-electron chi connectivity index (χ3n) is 2.28. The quantitative estimate of drug-likeness (QED) is 0.866. The number of rotatable bonds is 3. The molecule has 0 unspecified atom stereocenters. The number of nitrogen functional groups attached to an aromatic ring is 1. The summed E-state index contributed by atoms with van der Waals surface area (Å²) in [5, 5.41) is 0. The van der Waals surface area contributed by atoms with Crippen LogP contribution in [0.3, 0.4) is 0 Å². The summed E-state index contributed by atoms with van der Waals surface area (Å²) in [6.45, 7) is 0. The highest BCUT2D eigenvalue weighted by Crippen LogP contribution is 2.56. The summed E-state index contributed by atoms with van der Waals surface area (Å²) in [5.74, 6) is -19.6. The second-order valence-corrected chi connectivity index (χ2v) is 3.66. The van der Waals surface area contributed by atoms with Crippen LogP contribution in [-0.2, 0) is 5.92 Å². The zero-order valence-electron chi connectivity index (χ0n) is 9.16. The Hall–Kier alpha value is -1.68. The average Bonchev–Trinajstić information content (AvgIpc) is 2.27. The Balaban J connectivity index is 3.44. The first-order valence-corrected chi connectivity index (χ1v) is 4.68. The molecule has 0 bridgehead atoms. The van der Waals surface area contributed by atoms with Gasteiger partial charge in [0, 0.05) is 6.20 Å². The predicted molar refractivity (Wildman–Crippen MR) is 48.5 cm³/mol. The summed E-state index contributed by atoms with van der Waals surface area (Å²) in [5.41, 5.74) is 1.65. The zero-order chi connectivity index (χ0) is 16.0. The molecule has 2 N–H and O–H groups in total. The number of nitrogens with two attached hydrogens (primary N) is 1. The van der Waals surface area contributed by atoms with E-state index >= 15 is 0 Å². The van der Waals surface area contributed by atoms with Crippen molar-refractivity contribution in [1.29, 1.82) is 0 Å². The SMILES string of the molecule is Nc1cccnc1C(F)(F)C(F)(F)C(F)(F)C(F)(F)F. The van der Waals surface area contributed by atoms with E-state index in [1.54, 1.807) is 0 Å². The Morgan fingerprint density at radius 1 is 0.850 bits per heavy atom. The van der Waals surface area contributed by atoms with Gasteiger partial charge >= 0.3 is 23.9 Å². The molecule has 0 aliphatic heterocycles. The lowest BCUT2D eigenvalue weighted by Gasteiger charge is -2.33. The van der Waals surface area contributed by atoms with Gasteiger partial charge in [-0.05, 0) is 12.1 Å². The van der Waals surface area contributed by atoms with Crippen LogP contribution < -0.4 is 5.73 Å². The van der Waals surface area contributed by atoms with E-state index in [0.29, 0.717) is 12.3 Å². The van der Waals surface area contributed by atoms with Gasteiger partial charge in [0.25, 0.3) is 0 Å². The number of aromatic nitrogens is 1. The molecule has 0 amide bonds. The van der Waals surface area contributed by atoms with Crippen LogP contribution in [0.2, 0.25) is 0 Å². The van der Waals surface area contributed by atoms with Crippen molar-refractivity contribution in [3.05, 3.63) is 24.0 Å². The second kappa shape index (κ2) is 4.42. The molecular weight excluding hydrogens is 307 g/mol. The van der Waals surface area contributed by atoms with Crippen molar-refractivity contribution in [2.24, 2.45) is 0 Å². The van der Waals surface area contributed by atoms with Gasteiger partial charge in [0.05, 0.1) is 5.69 Å². The molecule has 1 aromatic heterocycles. The first-order chi connectivity index (χ1) is 8.77. The van der Waals surface area contributed by atoms with Crippen LogP contribution in [-0.4, -0.2) is 23.0 Å². The predicted octanol–water partition coefficient (Wildman–Crippen LogP) is 3.59. The first kappa shape index (κ1) is 16.4. The fourth-order valence-corrected chi connectivity index (χ4v) is 1.20. The molecular formula is C9H5F9N2. The minimum absolute atomic E-state index is 0.501. The van der Waals surface area contributed by atoms with Crippen LogP contribution in [0.1, 0.15) is 5.69 Å². The number of halogens is 9. The maximum absolute atomic E-state index is 13.3. The van der Waals surface area contributed by atoms with Gasteiger partial charge in [0.15, 0.2) is 0 Å². The van der Waals surface area contributed by atoms with Crippen LogP contribution >= 0.6 is 0 Å². The Labute approximate surface area is 105 Å². The molecule has 0 aromatic carbocycles. The smallest absolute Gasteiger partial charge is 0.397 e. The van der Waals surface area contributed by atoms with Gasteiger partial charge in [0.1, 0.15) is 5.69 Å². The van der Waals surface area contributed by atoms with Crippen LogP contribution in [0.25, 0.3) is 0 Å². The lowest BCUT2D eigenvalue weighted by molar-refractivity contribution is -0.400. The normalized spacial score (nSPS) is 14.4. The maximum atomic E-state index is 13.3. The molecule has 11 heteroatoms. The van der Waals surface area contributed by atoms with Gasteiger partial charge < -0.3 is 5.73 Å². The Kier molecular flexibility index (Phi) is 3.62. The van der Waals surface area contributed by atoms with E-state index in [0.717, 1.165) is 6.07 Å². The minimum atomic E-state index is -6.96. The van der Waals surface area contributed by atoms with Crippen LogP contribution in [0.4, 0.5) is 45.2 Å². The Morgan fingerprint density at radius 3 is 1.75 bits per heavy atom. The summed E-state index contributed by atoms with van der Waals surface area (Å²) in [4.78, 5) is 2.66. The minimum Gasteiger partial charge on any atom is -0.397 e. The van der Waals surface area contributed by atoms with Crippen molar-refractivity contribution in [2.45, 2.75) is 23.9 Å². The van der Waals surface area contributed by atoms with Crippen molar-refractivity contribution < 1.29 is 39.5 Å². The van der Waals surface area contributed by atoms with Crippen LogP contribution in [0.5, 0.6) is 0 Å². The number of pyridine rings is 1. The summed E-state index contributed by atoms with van der Waals surface area (Å²) in [6, 6.07) is 1.52. The first-order valence-electron chi connectivity index (χ1n) is 4.68. The molecule has 0 saturated carbocycles. The molecule has 114 valence electrons.